The van der Waals surface area contributed by atoms with Crippen molar-refractivity contribution in [1.82, 2.24) is 10.6 Å². The molecule has 164 valence electrons. The predicted molar refractivity (Wildman–Crippen MR) is 117 cm³/mol. The Morgan fingerprint density at radius 3 is 2.67 bits per heavy atom. The monoisotopic (exact) mass is 417 g/mol. The van der Waals surface area contributed by atoms with Gasteiger partial charge < -0.3 is 25.2 Å². The van der Waals surface area contributed by atoms with Crippen molar-refractivity contribution in [1.29, 1.82) is 0 Å². The molecule has 0 saturated carbocycles. The van der Waals surface area contributed by atoms with Gasteiger partial charge in [0.05, 0.1) is 19.8 Å². The maximum Gasteiger partial charge on any atom is 0.191 e. The van der Waals surface area contributed by atoms with Crippen LogP contribution in [0.5, 0.6) is 5.75 Å². The fourth-order valence-corrected chi connectivity index (χ4v) is 2.87. The van der Waals surface area contributed by atoms with Gasteiger partial charge in [-0.25, -0.2) is 9.38 Å². The van der Waals surface area contributed by atoms with E-state index in [0.717, 1.165) is 28.9 Å². The lowest BCUT2D eigenvalue weighted by atomic mass is 10.1. The molecule has 0 heterocycles. The van der Waals surface area contributed by atoms with E-state index < -0.39 is 5.82 Å². The van der Waals surface area contributed by atoms with Crippen molar-refractivity contribution in [3.05, 3.63) is 64.5 Å². The molecule has 0 aliphatic heterocycles. The first-order valence-corrected chi connectivity index (χ1v) is 10.2. The van der Waals surface area contributed by atoms with Crippen molar-refractivity contribution < 1.29 is 19.0 Å². The molecule has 2 aromatic rings. The van der Waals surface area contributed by atoms with E-state index in [9.17, 15) is 9.50 Å². The van der Waals surface area contributed by atoms with E-state index in [1.807, 2.05) is 26.0 Å². The maximum absolute atomic E-state index is 13.6. The first kappa shape index (κ1) is 23.6. The van der Waals surface area contributed by atoms with Gasteiger partial charge in [-0.15, -0.1) is 0 Å². The van der Waals surface area contributed by atoms with E-state index >= 15 is 0 Å². The molecule has 0 aromatic heterocycles. The van der Waals surface area contributed by atoms with Crippen molar-refractivity contribution >= 4 is 5.96 Å². The highest BCUT2D eigenvalue weighted by Crippen LogP contribution is 2.20. The molecule has 0 amide bonds. The van der Waals surface area contributed by atoms with E-state index in [1.54, 1.807) is 19.2 Å². The molecular weight excluding hydrogens is 385 g/mol. The highest BCUT2D eigenvalue weighted by molar-refractivity contribution is 5.79. The van der Waals surface area contributed by atoms with Gasteiger partial charge in [-0.2, -0.15) is 0 Å². The van der Waals surface area contributed by atoms with E-state index in [2.05, 4.69) is 21.7 Å². The number of methoxy groups -OCH3 is 1. The summed E-state index contributed by atoms with van der Waals surface area (Å²) in [7, 11) is 1.68. The van der Waals surface area contributed by atoms with Crippen LogP contribution in [0.2, 0.25) is 0 Å². The zero-order valence-electron chi connectivity index (χ0n) is 18.0. The highest BCUT2D eigenvalue weighted by Gasteiger charge is 2.07. The maximum atomic E-state index is 13.6. The summed E-state index contributed by atoms with van der Waals surface area (Å²) in [6.45, 7) is 6.60. The van der Waals surface area contributed by atoms with Crippen LogP contribution in [0.4, 0.5) is 4.39 Å². The summed E-state index contributed by atoms with van der Waals surface area (Å²) < 4.78 is 24.6. The number of aryl methyl sites for hydroxylation is 1. The van der Waals surface area contributed by atoms with E-state index in [4.69, 9.17) is 9.47 Å². The topological polar surface area (TPSA) is 75.1 Å². The Hall–Kier alpha value is -2.64. The molecule has 2 aromatic carbocycles. The number of rotatable bonds is 11. The third-order valence-corrected chi connectivity index (χ3v) is 4.46. The second-order valence-electron chi connectivity index (χ2n) is 6.94. The van der Waals surface area contributed by atoms with Crippen LogP contribution in [0.1, 0.15) is 35.6 Å². The summed E-state index contributed by atoms with van der Waals surface area (Å²) in [5, 5.41) is 15.8. The summed E-state index contributed by atoms with van der Waals surface area (Å²) in [6, 6.07) is 10.8. The first-order chi connectivity index (χ1) is 14.6. The number of aliphatic hydroxyl groups is 1. The Kier molecular flexibility index (Phi) is 10.1. The van der Waals surface area contributed by atoms with Crippen LogP contribution in [0.25, 0.3) is 0 Å². The average molecular weight is 418 g/mol. The molecule has 0 saturated heterocycles. The molecule has 6 nitrogen and oxygen atoms in total. The fourth-order valence-electron chi connectivity index (χ4n) is 2.87. The number of ether oxygens (including phenoxy) is 2. The van der Waals surface area contributed by atoms with Crippen LogP contribution in [-0.4, -0.2) is 37.9 Å². The molecule has 30 heavy (non-hydrogen) atoms. The van der Waals surface area contributed by atoms with Crippen LogP contribution in [0, 0.1) is 12.7 Å². The fraction of sp³-hybridized carbons (Fsp3) is 0.435. The summed E-state index contributed by atoms with van der Waals surface area (Å²) in [5.74, 6) is 1.09. The minimum atomic E-state index is -0.410. The summed E-state index contributed by atoms with van der Waals surface area (Å²) in [4.78, 5) is 4.57. The van der Waals surface area contributed by atoms with Gasteiger partial charge in [0, 0.05) is 44.4 Å². The normalized spacial score (nSPS) is 11.4. The van der Waals surface area contributed by atoms with E-state index in [0.29, 0.717) is 38.8 Å². The number of hydrogen-bond acceptors (Lipinski definition) is 4. The number of halogens is 1. The molecule has 0 bridgehead atoms. The average Bonchev–Trinajstić information content (AvgIpc) is 2.75. The van der Waals surface area contributed by atoms with Crippen molar-refractivity contribution in [2.75, 3.05) is 26.9 Å². The summed E-state index contributed by atoms with van der Waals surface area (Å²) in [5.41, 5.74) is 3.27. The van der Waals surface area contributed by atoms with E-state index in [1.165, 1.54) is 6.07 Å². The van der Waals surface area contributed by atoms with Gasteiger partial charge in [-0.1, -0.05) is 18.2 Å². The van der Waals surface area contributed by atoms with Gasteiger partial charge in [0.1, 0.15) is 11.6 Å². The SMILES string of the molecule is CCNC(=NCc1ccc(F)c(CO)c1)NCc1ccc(C)cc1OCCCOC. The van der Waals surface area contributed by atoms with E-state index in [-0.39, 0.29) is 12.2 Å². The molecule has 0 radical (unpaired) electrons. The number of hydrogen-bond donors (Lipinski definition) is 3. The molecule has 0 unspecified atom stereocenters. The smallest absolute Gasteiger partial charge is 0.191 e. The Balaban J connectivity index is 2.04. The lowest BCUT2D eigenvalue weighted by Gasteiger charge is -2.15. The highest BCUT2D eigenvalue weighted by atomic mass is 19.1. The molecular formula is C23H32FN3O3. The molecule has 0 spiro atoms. The Labute approximate surface area is 178 Å². The lowest BCUT2D eigenvalue weighted by Crippen LogP contribution is -2.36. The van der Waals surface area contributed by atoms with Crippen molar-refractivity contribution in [2.45, 2.75) is 40.0 Å². The Morgan fingerprint density at radius 1 is 1.10 bits per heavy atom. The Bertz CT molecular complexity index is 827. The zero-order valence-corrected chi connectivity index (χ0v) is 18.0. The van der Waals surface area contributed by atoms with Crippen molar-refractivity contribution in [3.8, 4) is 5.75 Å². The van der Waals surface area contributed by atoms with Gasteiger partial charge >= 0.3 is 0 Å². The van der Waals surface area contributed by atoms with Crippen LogP contribution < -0.4 is 15.4 Å². The van der Waals surface area contributed by atoms with Crippen LogP contribution >= 0.6 is 0 Å². The number of nitrogens with one attached hydrogen (secondary N) is 2. The Morgan fingerprint density at radius 2 is 1.93 bits per heavy atom. The molecule has 0 fully saturated rings. The molecule has 0 atom stereocenters. The molecule has 3 N–H and O–H groups in total. The number of aliphatic imine (C=N–C) groups is 1. The number of guanidine groups is 1. The van der Waals surface area contributed by atoms with Gasteiger partial charge in [0.2, 0.25) is 0 Å². The van der Waals surface area contributed by atoms with Gasteiger partial charge in [0.25, 0.3) is 0 Å². The summed E-state index contributed by atoms with van der Waals surface area (Å²) in [6.07, 6.45) is 0.828. The summed E-state index contributed by atoms with van der Waals surface area (Å²) >= 11 is 0. The third-order valence-electron chi connectivity index (χ3n) is 4.46. The predicted octanol–water partition coefficient (Wildman–Crippen LogP) is 3.30. The number of benzene rings is 2. The van der Waals surface area contributed by atoms with Crippen LogP contribution in [-0.2, 0) is 24.4 Å². The van der Waals surface area contributed by atoms with Crippen LogP contribution in [0.15, 0.2) is 41.4 Å². The molecule has 2 rings (SSSR count). The molecule has 0 aliphatic rings. The van der Waals surface area contributed by atoms with Crippen LogP contribution in [0.3, 0.4) is 0 Å². The molecule has 0 aliphatic carbocycles. The largest absolute Gasteiger partial charge is 0.493 e. The number of aliphatic hydroxyl groups excluding tert-OH is 1. The number of nitrogens with zero attached hydrogens (tertiary/aromatic N) is 1. The van der Waals surface area contributed by atoms with Gasteiger partial charge in [0.15, 0.2) is 5.96 Å². The second kappa shape index (κ2) is 12.8. The van der Waals surface area contributed by atoms with Crippen molar-refractivity contribution in [2.24, 2.45) is 4.99 Å². The standard InChI is InChI=1S/C23H32FN3O3/c1-4-25-23(26-14-18-7-9-21(24)20(13-18)16-28)27-15-19-8-6-17(2)12-22(19)30-11-5-10-29-3/h6-9,12-13,28H,4-5,10-11,14-16H2,1-3H3,(H2,25,26,27). The lowest BCUT2D eigenvalue weighted by molar-refractivity contribution is 0.171. The van der Waals surface area contributed by atoms with Gasteiger partial charge in [-0.3, -0.25) is 0 Å². The first-order valence-electron chi connectivity index (χ1n) is 10.2. The quantitative estimate of drug-likeness (QED) is 0.297. The third kappa shape index (κ3) is 7.65. The minimum absolute atomic E-state index is 0.274. The van der Waals surface area contributed by atoms with Gasteiger partial charge in [-0.05, 0) is 43.2 Å². The molecule has 7 heteroatoms. The second-order valence-corrected chi connectivity index (χ2v) is 6.94. The van der Waals surface area contributed by atoms with Crippen molar-refractivity contribution in [3.63, 3.8) is 0 Å². The zero-order chi connectivity index (χ0) is 21.8. The minimum Gasteiger partial charge on any atom is -0.493 e.